The van der Waals surface area contributed by atoms with Gasteiger partial charge in [0, 0.05) is 5.92 Å². The van der Waals surface area contributed by atoms with Crippen molar-refractivity contribution in [2.75, 3.05) is 20.1 Å². The number of hydrogen-bond donors (Lipinski definition) is 0. The highest BCUT2D eigenvalue weighted by Gasteiger charge is 2.22. The number of fused-ring (bicyclic) bond motifs is 1. The van der Waals surface area contributed by atoms with Crippen LogP contribution in [-0.4, -0.2) is 39.6 Å². The van der Waals surface area contributed by atoms with E-state index >= 15 is 0 Å². The standard InChI is InChI=1S/C12H15BrN4/c1-16-7-5-9(6-8-16)12-14-11-4-2-3-10(13)17(11)15-12/h2-4,9H,5-8H2,1H3. The van der Waals surface area contributed by atoms with Gasteiger partial charge in [-0.15, -0.1) is 5.10 Å². The summed E-state index contributed by atoms with van der Waals surface area (Å²) >= 11 is 3.50. The molecule has 2 aromatic heterocycles. The number of rotatable bonds is 1. The molecule has 0 N–H and O–H groups in total. The molecule has 0 atom stereocenters. The highest BCUT2D eigenvalue weighted by atomic mass is 79.9. The minimum atomic E-state index is 0.512. The molecule has 0 unspecified atom stereocenters. The van der Waals surface area contributed by atoms with Crippen molar-refractivity contribution in [2.45, 2.75) is 18.8 Å². The van der Waals surface area contributed by atoms with E-state index in [9.17, 15) is 0 Å². The third-order valence-electron chi connectivity index (χ3n) is 3.41. The summed E-state index contributed by atoms with van der Waals surface area (Å²) in [6.45, 7) is 2.28. The maximum atomic E-state index is 4.63. The normalized spacial score (nSPS) is 18.9. The van der Waals surface area contributed by atoms with Crippen LogP contribution in [0.5, 0.6) is 0 Å². The molecule has 1 aliphatic rings. The summed E-state index contributed by atoms with van der Waals surface area (Å²) in [5.74, 6) is 1.50. The first-order valence-corrected chi connectivity index (χ1v) is 6.73. The summed E-state index contributed by atoms with van der Waals surface area (Å²) in [5.41, 5.74) is 0.924. The lowest BCUT2D eigenvalue weighted by atomic mass is 9.97. The van der Waals surface area contributed by atoms with Crippen molar-refractivity contribution >= 4 is 21.6 Å². The number of hydrogen-bond acceptors (Lipinski definition) is 3. The van der Waals surface area contributed by atoms with Crippen LogP contribution in [0, 0.1) is 0 Å². The molecule has 17 heavy (non-hydrogen) atoms. The Morgan fingerprint density at radius 2 is 2.06 bits per heavy atom. The van der Waals surface area contributed by atoms with E-state index in [-0.39, 0.29) is 0 Å². The van der Waals surface area contributed by atoms with E-state index < -0.39 is 0 Å². The molecule has 90 valence electrons. The number of pyridine rings is 1. The number of aromatic nitrogens is 3. The average Bonchev–Trinajstić information content (AvgIpc) is 2.75. The van der Waals surface area contributed by atoms with Crippen LogP contribution in [0.15, 0.2) is 22.8 Å². The molecule has 5 heteroatoms. The lowest BCUT2D eigenvalue weighted by Gasteiger charge is -2.26. The highest BCUT2D eigenvalue weighted by Crippen LogP contribution is 2.26. The predicted octanol–water partition coefficient (Wildman–Crippen LogP) is 2.30. The Kier molecular flexibility index (Phi) is 2.88. The van der Waals surface area contributed by atoms with Crippen molar-refractivity contribution < 1.29 is 0 Å². The fraction of sp³-hybridized carbons (Fsp3) is 0.500. The zero-order valence-corrected chi connectivity index (χ0v) is 11.4. The molecule has 3 heterocycles. The molecular formula is C12H15BrN4. The molecule has 0 aromatic carbocycles. The summed E-state index contributed by atoms with van der Waals surface area (Å²) in [7, 11) is 2.17. The van der Waals surface area contributed by atoms with Crippen molar-refractivity contribution in [3.63, 3.8) is 0 Å². The van der Waals surface area contributed by atoms with E-state index in [0.29, 0.717) is 5.92 Å². The zero-order chi connectivity index (χ0) is 11.8. The molecule has 0 bridgehead atoms. The van der Waals surface area contributed by atoms with Gasteiger partial charge >= 0.3 is 0 Å². The van der Waals surface area contributed by atoms with Crippen LogP contribution in [0.4, 0.5) is 0 Å². The second kappa shape index (κ2) is 4.38. The Balaban J connectivity index is 1.93. The van der Waals surface area contributed by atoms with Crippen LogP contribution < -0.4 is 0 Å². The van der Waals surface area contributed by atoms with Crippen molar-refractivity contribution in [3.8, 4) is 0 Å². The van der Waals surface area contributed by atoms with Crippen molar-refractivity contribution in [2.24, 2.45) is 0 Å². The summed E-state index contributed by atoms with van der Waals surface area (Å²) in [5, 5.41) is 4.60. The van der Waals surface area contributed by atoms with Crippen molar-refractivity contribution in [1.29, 1.82) is 0 Å². The molecule has 0 saturated carbocycles. The minimum absolute atomic E-state index is 0.512. The number of piperidine rings is 1. The summed E-state index contributed by atoms with van der Waals surface area (Å²) < 4.78 is 2.83. The quantitative estimate of drug-likeness (QED) is 0.757. The largest absolute Gasteiger partial charge is 0.306 e. The minimum Gasteiger partial charge on any atom is -0.306 e. The van der Waals surface area contributed by atoms with Gasteiger partial charge in [-0.1, -0.05) is 6.07 Å². The maximum absolute atomic E-state index is 4.63. The molecule has 0 aliphatic carbocycles. The second-order valence-electron chi connectivity index (χ2n) is 4.67. The topological polar surface area (TPSA) is 33.4 Å². The Hall–Kier alpha value is -0.940. The van der Waals surface area contributed by atoms with Gasteiger partial charge in [-0.05, 0) is 61.0 Å². The van der Waals surface area contributed by atoms with Gasteiger partial charge in [0.05, 0.1) is 0 Å². The summed E-state index contributed by atoms with van der Waals surface area (Å²) in [6, 6.07) is 5.98. The molecule has 0 amide bonds. The van der Waals surface area contributed by atoms with E-state index in [1.165, 1.54) is 0 Å². The summed E-state index contributed by atoms with van der Waals surface area (Å²) in [4.78, 5) is 6.99. The molecule has 1 saturated heterocycles. The predicted molar refractivity (Wildman–Crippen MR) is 70.2 cm³/mol. The Labute approximate surface area is 109 Å². The second-order valence-corrected chi connectivity index (χ2v) is 5.48. The molecule has 1 fully saturated rings. The van der Waals surface area contributed by atoms with E-state index in [1.807, 2.05) is 22.7 Å². The van der Waals surface area contributed by atoms with Crippen molar-refractivity contribution in [1.82, 2.24) is 19.5 Å². The Morgan fingerprint density at radius 1 is 1.29 bits per heavy atom. The van der Waals surface area contributed by atoms with E-state index in [4.69, 9.17) is 0 Å². The average molecular weight is 295 g/mol. The lowest BCUT2D eigenvalue weighted by Crippen LogP contribution is -2.29. The molecule has 2 aromatic rings. The van der Waals surface area contributed by atoms with E-state index in [1.54, 1.807) is 0 Å². The first-order valence-electron chi connectivity index (χ1n) is 5.94. The molecule has 4 nitrogen and oxygen atoms in total. The van der Waals surface area contributed by atoms with Crippen LogP contribution in [0.25, 0.3) is 5.65 Å². The molecular weight excluding hydrogens is 280 g/mol. The molecule has 1 aliphatic heterocycles. The first kappa shape index (κ1) is 11.2. The first-order chi connectivity index (χ1) is 8.24. The maximum Gasteiger partial charge on any atom is 0.156 e. The van der Waals surface area contributed by atoms with Gasteiger partial charge in [-0.2, -0.15) is 0 Å². The number of halogens is 1. The highest BCUT2D eigenvalue weighted by molar-refractivity contribution is 9.10. The van der Waals surface area contributed by atoms with Crippen LogP contribution in [0.3, 0.4) is 0 Å². The third-order valence-corrected chi connectivity index (χ3v) is 4.01. The Bertz CT molecular complexity index is 528. The fourth-order valence-corrected chi connectivity index (χ4v) is 2.74. The van der Waals surface area contributed by atoms with Crippen LogP contribution >= 0.6 is 15.9 Å². The number of nitrogens with zero attached hydrogens (tertiary/aromatic N) is 4. The van der Waals surface area contributed by atoms with Gasteiger partial charge in [0.1, 0.15) is 4.60 Å². The van der Waals surface area contributed by atoms with Gasteiger partial charge in [-0.25, -0.2) is 9.50 Å². The van der Waals surface area contributed by atoms with E-state index in [2.05, 4.69) is 38.0 Å². The number of likely N-dealkylation sites (tertiary alicyclic amines) is 1. The smallest absolute Gasteiger partial charge is 0.156 e. The molecule has 0 radical (unpaired) electrons. The third kappa shape index (κ3) is 2.09. The van der Waals surface area contributed by atoms with E-state index in [0.717, 1.165) is 42.0 Å². The van der Waals surface area contributed by atoms with Gasteiger partial charge in [-0.3, -0.25) is 0 Å². The van der Waals surface area contributed by atoms with Gasteiger partial charge in [0.15, 0.2) is 11.5 Å². The van der Waals surface area contributed by atoms with Crippen LogP contribution in [0.2, 0.25) is 0 Å². The van der Waals surface area contributed by atoms with Gasteiger partial charge in [0.2, 0.25) is 0 Å². The monoisotopic (exact) mass is 294 g/mol. The van der Waals surface area contributed by atoms with Gasteiger partial charge < -0.3 is 4.90 Å². The van der Waals surface area contributed by atoms with Gasteiger partial charge in [0.25, 0.3) is 0 Å². The Morgan fingerprint density at radius 3 is 2.76 bits per heavy atom. The molecule has 3 rings (SSSR count). The van der Waals surface area contributed by atoms with Crippen LogP contribution in [0.1, 0.15) is 24.6 Å². The fourth-order valence-electron chi connectivity index (χ4n) is 2.33. The van der Waals surface area contributed by atoms with Crippen molar-refractivity contribution in [3.05, 3.63) is 28.6 Å². The van der Waals surface area contributed by atoms with Crippen LogP contribution in [-0.2, 0) is 0 Å². The zero-order valence-electron chi connectivity index (χ0n) is 9.80. The summed E-state index contributed by atoms with van der Waals surface area (Å²) in [6.07, 6.45) is 2.32. The lowest BCUT2D eigenvalue weighted by molar-refractivity contribution is 0.251. The SMILES string of the molecule is CN1CCC(c2nc3cccc(Br)n3n2)CC1. The molecule has 0 spiro atoms.